The van der Waals surface area contributed by atoms with Gasteiger partial charge in [-0.25, -0.2) is 0 Å². The molecule has 0 aliphatic carbocycles. The third kappa shape index (κ3) is 2.47. The molecule has 0 saturated heterocycles. The molecule has 2 rings (SSSR count). The van der Waals surface area contributed by atoms with E-state index in [0.717, 1.165) is 12.3 Å². The summed E-state index contributed by atoms with van der Waals surface area (Å²) in [6, 6.07) is 12.5. The van der Waals surface area contributed by atoms with Gasteiger partial charge in [-0.1, -0.05) is 30.3 Å². The highest BCUT2D eigenvalue weighted by molar-refractivity contribution is 7.80. The first-order valence-electron chi connectivity index (χ1n) is 5.45. The van der Waals surface area contributed by atoms with Gasteiger partial charge in [-0.05, 0) is 24.3 Å². The molecule has 0 N–H and O–H groups in total. The number of nitrogens with zero attached hydrogens (tertiary/aromatic N) is 2. The van der Waals surface area contributed by atoms with Crippen LogP contribution in [0.5, 0.6) is 0 Å². The van der Waals surface area contributed by atoms with Crippen LogP contribution < -0.4 is 0 Å². The zero-order valence-corrected chi connectivity index (χ0v) is 10.3. The molecule has 0 aliphatic rings. The minimum absolute atomic E-state index is 0.420. The van der Waals surface area contributed by atoms with E-state index in [-0.39, 0.29) is 0 Å². The van der Waals surface area contributed by atoms with Crippen molar-refractivity contribution in [2.75, 3.05) is 5.75 Å². The first kappa shape index (κ1) is 11.3. The fourth-order valence-electron chi connectivity index (χ4n) is 1.79. The molecule has 16 heavy (non-hydrogen) atoms. The van der Waals surface area contributed by atoms with E-state index in [1.807, 2.05) is 23.0 Å². The number of hydrogen-bond donors (Lipinski definition) is 1. The molecular formula is C13H16N2S. The number of hydrogen-bond acceptors (Lipinski definition) is 2. The first-order chi connectivity index (χ1) is 7.81. The van der Waals surface area contributed by atoms with Gasteiger partial charge in [0.05, 0.1) is 0 Å². The van der Waals surface area contributed by atoms with Gasteiger partial charge in [0.15, 0.2) is 0 Å². The van der Waals surface area contributed by atoms with E-state index in [9.17, 15) is 0 Å². The quantitative estimate of drug-likeness (QED) is 0.802. The first-order valence-corrected chi connectivity index (χ1v) is 6.08. The maximum Gasteiger partial charge on any atom is 0.0492 e. The van der Waals surface area contributed by atoms with Crippen molar-refractivity contribution >= 4 is 12.6 Å². The van der Waals surface area contributed by atoms with Crippen LogP contribution in [0.2, 0.25) is 0 Å². The van der Waals surface area contributed by atoms with Gasteiger partial charge in [0.2, 0.25) is 0 Å². The van der Waals surface area contributed by atoms with Crippen LogP contribution in [0.3, 0.4) is 0 Å². The number of thiol groups is 1. The van der Waals surface area contributed by atoms with Crippen LogP contribution in [-0.4, -0.2) is 15.5 Å². The van der Waals surface area contributed by atoms with E-state index in [0.29, 0.717) is 5.92 Å². The summed E-state index contributed by atoms with van der Waals surface area (Å²) >= 11 is 4.43. The number of benzene rings is 1. The lowest BCUT2D eigenvalue weighted by Crippen LogP contribution is -2.13. The maximum atomic E-state index is 4.43. The smallest absolute Gasteiger partial charge is 0.0492 e. The fraction of sp³-hybridized carbons (Fsp3) is 0.308. The molecule has 1 unspecified atom stereocenters. The lowest BCUT2D eigenvalue weighted by molar-refractivity contribution is 0.537. The molecule has 2 nitrogen and oxygen atoms in total. The molecule has 0 aliphatic heterocycles. The SMILES string of the molecule is Cc1ccnn1CC(CS)c1ccccc1. The van der Waals surface area contributed by atoms with Crippen LogP contribution in [0.4, 0.5) is 0 Å². The van der Waals surface area contributed by atoms with Crippen molar-refractivity contribution in [2.24, 2.45) is 0 Å². The summed E-state index contributed by atoms with van der Waals surface area (Å²) in [5, 5.41) is 4.31. The monoisotopic (exact) mass is 232 g/mol. The van der Waals surface area contributed by atoms with E-state index in [1.165, 1.54) is 11.3 Å². The van der Waals surface area contributed by atoms with Crippen LogP contribution >= 0.6 is 12.6 Å². The second-order valence-electron chi connectivity index (χ2n) is 3.94. The largest absolute Gasteiger partial charge is 0.269 e. The summed E-state index contributed by atoms with van der Waals surface area (Å²) in [5.74, 6) is 1.26. The summed E-state index contributed by atoms with van der Waals surface area (Å²) in [7, 11) is 0. The molecule has 3 heteroatoms. The van der Waals surface area contributed by atoms with Gasteiger partial charge in [0, 0.05) is 24.4 Å². The standard InChI is InChI=1S/C13H16N2S/c1-11-7-8-14-15(11)9-13(10-16)12-5-3-2-4-6-12/h2-8,13,16H,9-10H2,1H3. The van der Waals surface area contributed by atoms with Crippen LogP contribution in [-0.2, 0) is 6.54 Å². The number of aryl methyl sites for hydroxylation is 1. The summed E-state index contributed by atoms with van der Waals surface area (Å²) in [4.78, 5) is 0. The van der Waals surface area contributed by atoms with Crippen LogP contribution in [0.1, 0.15) is 17.2 Å². The molecule has 0 amide bonds. The average Bonchev–Trinajstić information content (AvgIpc) is 2.73. The molecule has 0 saturated carbocycles. The van der Waals surface area contributed by atoms with Crippen molar-refractivity contribution in [2.45, 2.75) is 19.4 Å². The van der Waals surface area contributed by atoms with Gasteiger partial charge in [-0.15, -0.1) is 0 Å². The van der Waals surface area contributed by atoms with Crippen molar-refractivity contribution in [1.29, 1.82) is 0 Å². The molecule has 1 aromatic carbocycles. The van der Waals surface area contributed by atoms with E-state index in [1.54, 1.807) is 0 Å². The normalized spacial score (nSPS) is 12.6. The predicted molar refractivity (Wildman–Crippen MR) is 70.0 cm³/mol. The van der Waals surface area contributed by atoms with Gasteiger partial charge in [0.1, 0.15) is 0 Å². The van der Waals surface area contributed by atoms with E-state index in [2.05, 4.69) is 48.9 Å². The van der Waals surface area contributed by atoms with Crippen molar-refractivity contribution in [1.82, 2.24) is 9.78 Å². The Bertz CT molecular complexity index is 436. The van der Waals surface area contributed by atoms with Crippen molar-refractivity contribution in [3.05, 3.63) is 53.9 Å². The lowest BCUT2D eigenvalue weighted by Gasteiger charge is -2.15. The van der Waals surface area contributed by atoms with Crippen molar-refractivity contribution in [3.8, 4) is 0 Å². The highest BCUT2D eigenvalue weighted by atomic mass is 32.1. The third-order valence-electron chi connectivity index (χ3n) is 2.81. The van der Waals surface area contributed by atoms with E-state index < -0.39 is 0 Å². The Morgan fingerprint density at radius 3 is 2.56 bits per heavy atom. The van der Waals surface area contributed by atoms with Gasteiger partial charge in [0.25, 0.3) is 0 Å². The molecule has 0 spiro atoms. The maximum absolute atomic E-state index is 4.43. The predicted octanol–water partition coefficient (Wildman–Crippen LogP) is 2.91. The molecule has 1 heterocycles. The van der Waals surface area contributed by atoms with Crippen LogP contribution in [0.15, 0.2) is 42.6 Å². The molecule has 2 aromatic rings. The average molecular weight is 232 g/mol. The summed E-state index contributed by atoms with van der Waals surface area (Å²) in [6.45, 7) is 2.97. The molecule has 0 fully saturated rings. The molecule has 84 valence electrons. The molecule has 0 radical (unpaired) electrons. The Kier molecular flexibility index (Phi) is 3.67. The minimum Gasteiger partial charge on any atom is -0.269 e. The molecule has 0 bridgehead atoms. The minimum atomic E-state index is 0.420. The Labute approximate surface area is 102 Å². The lowest BCUT2D eigenvalue weighted by atomic mass is 10.0. The molecular weight excluding hydrogens is 216 g/mol. The Balaban J connectivity index is 2.16. The summed E-state index contributed by atoms with van der Waals surface area (Å²) in [6.07, 6.45) is 1.84. The highest BCUT2D eigenvalue weighted by Gasteiger charge is 2.11. The van der Waals surface area contributed by atoms with Gasteiger partial charge in [-0.3, -0.25) is 4.68 Å². The number of rotatable bonds is 4. The topological polar surface area (TPSA) is 17.8 Å². The summed E-state index contributed by atoms with van der Waals surface area (Å²) in [5.41, 5.74) is 2.52. The third-order valence-corrected chi connectivity index (χ3v) is 3.25. The number of aromatic nitrogens is 2. The Morgan fingerprint density at radius 2 is 2.00 bits per heavy atom. The second-order valence-corrected chi connectivity index (χ2v) is 4.31. The van der Waals surface area contributed by atoms with Crippen LogP contribution in [0, 0.1) is 6.92 Å². The van der Waals surface area contributed by atoms with Gasteiger partial charge < -0.3 is 0 Å². The van der Waals surface area contributed by atoms with Crippen LogP contribution in [0.25, 0.3) is 0 Å². The highest BCUT2D eigenvalue weighted by Crippen LogP contribution is 2.19. The molecule has 1 atom stereocenters. The zero-order chi connectivity index (χ0) is 11.4. The fourth-order valence-corrected chi connectivity index (χ4v) is 2.12. The van der Waals surface area contributed by atoms with Gasteiger partial charge >= 0.3 is 0 Å². The van der Waals surface area contributed by atoms with Crippen molar-refractivity contribution in [3.63, 3.8) is 0 Å². The Hall–Kier alpha value is -1.22. The van der Waals surface area contributed by atoms with E-state index in [4.69, 9.17) is 0 Å². The zero-order valence-electron chi connectivity index (χ0n) is 9.37. The molecule has 1 aromatic heterocycles. The van der Waals surface area contributed by atoms with Gasteiger partial charge in [-0.2, -0.15) is 17.7 Å². The van der Waals surface area contributed by atoms with Crippen molar-refractivity contribution < 1.29 is 0 Å². The second kappa shape index (κ2) is 5.21. The Morgan fingerprint density at radius 1 is 1.25 bits per heavy atom. The summed E-state index contributed by atoms with van der Waals surface area (Å²) < 4.78 is 2.04. The van der Waals surface area contributed by atoms with E-state index >= 15 is 0 Å².